The van der Waals surface area contributed by atoms with Gasteiger partial charge in [0.05, 0.1) is 30.3 Å². The second kappa shape index (κ2) is 4.14. The van der Waals surface area contributed by atoms with Crippen LogP contribution in [0.15, 0.2) is 18.2 Å². The smallest absolute Gasteiger partial charge is 0.335 e. The zero-order valence-corrected chi connectivity index (χ0v) is 8.76. The van der Waals surface area contributed by atoms with Gasteiger partial charge in [0.1, 0.15) is 5.82 Å². The normalized spacial score (nSPS) is 19.8. The monoisotopic (exact) mass is 239 g/mol. The van der Waals surface area contributed by atoms with Crippen LogP contribution < -0.4 is 4.90 Å². The van der Waals surface area contributed by atoms with Gasteiger partial charge in [-0.3, -0.25) is 4.79 Å². The molecule has 2 N–H and O–H groups in total. The van der Waals surface area contributed by atoms with Crippen LogP contribution in [0.3, 0.4) is 0 Å². The third-order valence-corrected chi connectivity index (χ3v) is 2.59. The van der Waals surface area contributed by atoms with E-state index in [9.17, 15) is 19.1 Å². The average molecular weight is 239 g/mol. The lowest BCUT2D eigenvalue weighted by atomic mass is 10.2. The molecule has 1 fully saturated rings. The van der Waals surface area contributed by atoms with E-state index >= 15 is 0 Å². The highest BCUT2D eigenvalue weighted by Gasteiger charge is 2.30. The summed E-state index contributed by atoms with van der Waals surface area (Å²) in [7, 11) is 0. The largest absolute Gasteiger partial charge is 0.478 e. The quantitative estimate of drug-likeness (QED) is 0.793. The van der Waals surface area contributed by atoms with Crippen molar-refractivity contribution in [1.82, 2.24) is 0 Å². The molecular weight excluding hydrogens is 229 g/mol. The lowest BCUT2D eigenvalue weighted by Crippen LogP contribution is -2.26. The summed E-state index contributed by atoms with van der Waals surface area (Å²) in [4.78, 5) is 23.2. The number of aromatic carboxylic acids is 1. The fourth-order valence-electron chi connectivity index (χ4n) is 1.78. The van der Waals surface area contributed by atoms with Gasteiger partial charge >= 0.3 is 5.97 Å². The summed E-state index contributed by atoms with van der Waals surface area (Å²) in [6, 6.07) is 3.31. The van der Waals surface area contributed by atoms with E-state index in [1.54, 1.807) is 0 Å². The third kappa shape index (κ3) is 2.12. The molecule has 1 aromatic rings. The van der Waals surface area contributed by atoms with Gasteiger partial charge in [0, 0.05) is 0 Å². The van der Waals surface area contributed by atoms with E-state index < -0.39 is 17.9 Å². The highest BCUT2D eigenvalue weighted by atomic mass is 19.1. The van der Waals surface area contributed by atoms with E-state index in [1.165, 1.54) is 12.1 Å². The Hall–Kier alpha value is -1.95. The minimum atomic E-state index is -1.23. The van der Waals surface area contributed by atoms with Crippen LogP contribution in [0.25, 0.3) is 0 Å². The van der Waals surface area contributed by atoms with E-state index in [-0.39, 0.29) is 30.1 Å². The zero-order chi connectivity index (χ0) is 12.6. The Morgan fingerprint density at radius 1 is 1.47 bits per heavy atom. The van der Waals surface area contributed by atoms with Crippen molar-refractivity contribution in [2.24, 2.45) is 0 Å². The van der Waals surface area contributed by atoms with Crippen LogP contribution >= 0.6 is 0 Å². The summed E-state index contributed by atoms with van der Waals surface area (Å²) in [5, 5.41) is 18.0. The number of anilines is 1. The first-order valence-corrected chi connectivity index (χ1v) is 5.00. The van der Waals surface area contributed by atoms with Crippen molar-refractivity contribution in [1.29, 1.82) is 0 Å². The van der Waals surface area contributed by atoms with Gasteiger partial charge in [-0.05, 0) is 18.2 Å². The number of hydrogen-bond acceptors (Lipinski definition) is 3. The number of benzene rings is 1. The minimum absolute atomic E-state index is 0.00319. The average Bonchev–Trinajstić information content (AvgIpc) is 2.57. The van der Waals surface area contributed by atoms with Crippen molar-refractivity contribution in [2.75, 3.05) is 11.4 Å². The molecular formula is C11H10FNO4. The van der Waals surface area contributed by atoms with Gasteiger partial charge < -0.3 is 15.1 Å². The van der Waals surface area contributed by atoms with Gasteiger partial charge in [0.15, 0.2) is 0 Å². The molecule has 0 bridgehead atoms. The molecule has 5 nitrogen and oxygen atoms in total. The Morgan fingerprint density at radius 3 is 2.65 bits per heavy atom. The summed E-state index contributed by atoms with van der Waals surface area (Å²) in [5.41, 5.74) is -0.185. The minimum Gasteiger partial charge on any atom is -0.478 e. The highest BCUT2D eigenvalue weighted by Crippen LogP contribution is 2.25. The predicted octanol–water partition coefficient (Wildman–Crippen LogP) is 0.621. The van der Waals surface area contributed by atoms with Gasteiger partial charge in [-0.1, -0.05) is 0 Å². The Labute approximate surface area is 96.1 Å². The van der Waals surface area contributed by atoms with Crippen molar-refractivity contribution >= 4 is 17.6 Å². The number of amides is 1. The van der Waals surface area contributed by atoms with E-state index in [4.69, 9.17) is 5.11 Å². The molecule has 2 rings (SSSR count). The van der Waals surface area contributed by atoms with Gasteiger partial charge in [-0.15, -0.1) is 0 Å². The topological polar surface area (TPSA) is 77.8 Å². The fourth-order valence-corrected chi connectivity index (χ4v) is 1.78. The van der Waals surface area contributed by atoms with Crippen molar-refractivity contribution in [3.05, 3.63) is 29.6 Å². The Bertz CT molecular complexity index is 488. The maximum absolute atomic E-state index is 13.6. The lowest BCUT2D eigenvalue weighted by molar-refractivity contribution is -0.117. The zero-order valence-electron chi connectivity index (χ0n) is 8.76. The number of carbonyl (C=O) groups is 2. The molecule has 0 aliphatic carbocycles. The lowest BCUT2D eigenvalue weighted by Gasteiger charge is -2.16. The fraction of sp³-hybridized carbons (Fsp3) is 0.273. The first-order valence-electron chi connectivity index (χ1n) is 5.00. The molecule has 1 unspecified atom stereocenters. The molecule has 6 heteroatoms. The molecule has 1 heterocycles. The second-order valence-electron chi connectivity index (χ2n) is 3.83. The number of aliphatic hydroxyl groups is 1. The number of carbonyl (C=O) groups excluding carboxylic acids is 1. The van der Waals surface area contributed by atoms with Crippen LogP contribution in [0.5, 0.6) is 0 Å². The van der Waals surface area contributed by atoms with Crippen molar-refractivity contribution in [2.45, 2.75) is 12.5 Å². The Kier molecular flexibility index (Phi) is 2.81. The molecule has 1 aliphatic heterocycles. The van der Waals surface area contributed by atoms with Crippen LogP contribution in [0.2, 0.25) is 0 Å². The van der Waals surface area contributed by atoms with Crippen LogP contribution in [-0.4, -0.2) is 34.7 Å². The molecule has 0 spiro atoms. The number of halogens is 1. The van der Waals surface area contributed by atoms with Gasteiger partial charge in [0.25, 0.3) is 0 Å². The number of aliphatic hydroxyl groups excluding tert-OH is 1. The summed E-state index contributed by atoms with van der Waals surface area (Å²) in [6.45, 7) is 0.0299. The maximum Gasteiger partial charge on any atom is 0.335 e. The second-order valence-corrected chi connectivity index (χ2v) is 3.83. The van der Waals surface area contributed by atoms with Crippen molar-refractivity contribution in [3.63, 3.8) is 0 Å². The highest BCUT2D eigenvalue weighted by molar-refractivity contribution is 5.97. The van der Waals surface area contributed by atoms with Crippen LogP contribution in [0.4, 0.5) is 10.1 Å². The molecule has 0 saturated carbocycles. The van der Waals surface area contributed by atoms with Crippen molar-refractivity contribution < 1.29 is 24.2 Å². The molecule has 0 aromatic heterocycles. The third-order valence-electron chi connectivity index (χ3n) is 2.59. The summed E-state index contributed by atoms with van der Waals surface area (Å²) < 4.78 is 13.6. The SMILES string of the molecule is O=C(O)c1ccc(N2CC(O)CC2=O)c(F)c1. The van der Waals surface area contributed by atoms with Gasteiger partial charge in [0.2, 0.25) is 5.91 Å². The van der Waals surface area contributed by atoms with Crippen LogP contribution in [0.1, 0.15) is 16.8 Å². The molecule has 1 aliphatic rings. The van der Waals surface area contributed by atoms with Crippen molar-refractivity contribution in [3.8, 4) is 0 Å². The Balaban J connectivity index is 2.34. The maximum atomic E-state index is 13.6. The number of carboxylic acids is 1. The number of rotatable bonds is 2. The summed E-state index contributed by atoms with van der Waals surface area (Å²) in [6.07, 6.45) is -0.846. The molecule has 17 heavy (non-hydrogen) atoms. The summed E-state index contributed by atoms with van der Waals surface area (Å²) >= 11 is 0. The van der Waals surface area contributed by atoms with E-state index in [1.807, 2.05) is 0 Å². The predicted molar refractivity (Wildman–Crippen MR) is 56.3 cm³/mol. The molecule has 1 saturated heterocycles. The first-order chi connectivity index (χ1) is 7.99. The molecule has 1 aromatic carbocycles. The molecule has 1 amide bonds. The number of carboxylic acid groups (broad SMARTS) is 1. The summed E-state index contributed by atoms with van der Waals surface area (Å²) in [5.74, 6) is -2.39. The van der Waals surface area contributed by atoms with Gasteiger partial charge in [-0.25, -0.2) is 9.18 Å². The van der Waals surface area contributed by atoms with E-state index in [2.05, 4.69) is 0 Å². The van der Waals surface area contributed by atoms with E-state index in [0.717, 1.165) is 11.0 Å². The molecule has 0 radical (unpaired) electrons. The molecule has 90 valence electrons. The van der Waals surface area contributed by atoms with Crippen LogP contribution in [0, 0.1) is 5.82 Å². The van der Waals surface area contributed by atoms with Crippen LogP contribution in [-0.2, 0) is 4.79 Å². The standard InChI is InChI=1S/C11H10FNO4/c12-8-3-6(11(16)17)1-2-9(8)13-5-7(14)4-10(13)15/h1-3,7,14H,4-5H2,(H,16,17). The Morgan fingerprint density at radius 2 is 2.18 bits per heavy atom. The molecule has 1 atom stereocenters. The number of nitrogens with zero attached hydrogens (tertiary/aromatic N) is 1. The number of hydrogen-bond donors (Lipinski definition) is 2. The van der Waals surface area contributed by atoms with Gasteiger partial charge in [-0.2, -0.15) is 0 Å². The van der Waals surface area contributed by atoms with E-state index in [0.29, 0.717) is 0 Å². The first kappa shape index (κ1) is 11.5. The number of β-amino-alcohol motifs (C(OH)–C–C–N with tert-alkyl or cyclic N) is 1.